The summed E-state index contributed by atoms with van der Waals surface area (Å²) in [5.41, 5.74) is 0.0347. The normalized spacial score (nSPS) is 44.3. The van der Waals surface area contributed by atoms with Gasteiger partial charge in [-0.1, -0.05) is 6.92 Å². The van der Waals surface area contributed by atoms with Crippen LogP contribution < -0.4 is 0 Å². The zero-order valence-corrected chi connectivity index (χ0v) is 18.5. The van der Waals surface area contributed by atoms with Gasteiger partial charge in [0, 0.05) is 44.1 Å². The highest BCUT2D eigenvalue weighted by Gasteiger charge is 2.79. The number of piperazine rings is 1. The molecule has 6 atom stereocenters. The van der Waals surface area contributed by atoms with Crippen molar-refractivity contribution in [2.24, 2.45) is 17.3 Å². The van der Waals surface area contributed by atoms with Crippen LogP contribution in [0.2, 0.25) is 0 Å². The second-order valence-electron chi connectivity index (χ2n) is 10.8. The predicted octanol–water partition coefficient (Wildman–Crippen LogP) is 2.71. The van der Waals surface area contributed by atoms with E-state index in [1.807, 2.05) is 4.90 Å². The predicted molar refractivity (Wildman–Crippen MR) is 111 cm³/mol. The average molecular weight is 429 g/mol. The lowest BCUT2D eigenvalue weighted by Crippen LogP contribution is -2.54. The van der Waals surface area contributed by atoms with E-state index in [0.717, 1.165) is 32.4 Å². The molecule has 5 aliphatic rings. The van der Waals surface area contributed by atoms with Crippen molar-refractivity contribution in [3.8, 4) is 0 Å². The number of furan rings is 1. The highest BCUT2D eigenvalue weighted by atomic mass is 16.6. The van der Waals surface area contributed by atoms with Crippen molar-refractivity contribution in [1.82, 2.24) is 9.80 Å². The zero-order valence-electron chi connectivity index (χ0n) is 18.5. The molecule has 0 aromatic carbocycles. The minimum absolute atomic E-state index is 0.0149. The molecule has 1 aromatic heterocycles. The van der Waals surface area contributed by atoms with Gasteiger partial charge in [0.25, 0.3) is 5.91 Å². The smallest absolute Gasteiger partial charge is 0.310 e. The summed E-state index contributed by atoms with van der Waals surface area (Å²) in [6.07, 6.45) is 6.93. The molecule has 0 N–H and O–H groups in total. The van der Waals surface area contributed by atoms with Crippen LogP contribution in [0.15, 0.2) is 22.8 Å². The lowest BCUT2D eigenvalue weighted by molar-refractivity contribution is -0.146. The van der Waals surface area contributed by atoms with E-state index in [2.05, 4.69) is 18.7 Å². The molecule has 7 nitrogen and oxygen atoms in total. The zero-order chi connectivity index (χ0) is 21.4. The molecular weight excluding hydrogens is 396 g/mol. The molecule has 31 heavy (non-hydrogen) atoms. The Morgan fingerprint density at radius 2 is 1.97 bits per heavy atom. The largest absolute Gasteiger partial charge is 0.462 e. The van der Waals surface area contributed by atoms with Crippen LogP contribution >= 0.6 is 0 Å². The molecule has 3 aliphatic heterocycles. The Morgan fingerprint density at radius 1 is 1.16 bits per heavy atom. The second-order valence-corrected chi connectivity index (χ2v) is 10.8. The first-order chi connectivity index (χ1) is 14.8. The molecule has 0 bridgehead atoms. The van der Waals surface area contributed by atoms with Gasteiger partial charge in [0.1, 0.15) is 11.7 Å². The molecule has 5 fully saturated rings. The summed E-state index contributed by atoms with van der Waals surface area (Å²) in [6, 6.07) is 3.44. The molecule has 0 radical (unpaired) electrons. The van der Waals surface area contributed by atoms with Gasteiger partial charge in [0.05, 0.1) is 17.8 Å². The molecule has 6 rings (SSSR count). The number of ether oxygens (including phenoxy) is 2. The van der Waals surface area contributed by atoms with Crippen molar-refractivity contribution in [2.75, 3.05) is 32.7 Å². The van der Waals surface area contributed by atoms with Gasteiger partial charge in [0.15, 0.2) is 5.76 Å². The van der Waals surface area contributed by atoms with E-state index in [-0.39, 0.29) is 46.4 Å². The van der Waals surface area contributed by atoms with Gasteiger partial charge in [-0.05, 0) is 51.2 Å². The SMILES string of the molecule is C[C@]12CCC[C@@]3(C)O[C@@]13C[C@H]1[C@@H](C2)OC(=O)[C@@H]1CN1CCN(C(=O)c2ccco2)CC1. The monoisotopic (exact) mass is 428 g/mol. The van der Waals surface area contributed by atoms with E-state index in [9.17, 15) is 9.59 Å². The quantitative estimate of drug-likeness (QED) is 0.544. The number of carbonyl (C=O) groups is 2. The van der Waals surface area contributed by atoms with Gasteiger partial charge >= 0.3 is 5.97 Å². The van der Waals surface area contributed by atoms with E-state index in [0.29, 0.717) is 25.4 Å². The van der Waals surface area contributed by atoms with E-state index < -0.39 is 0 Å². The number of nitrogens with zero attached hydrogens (tertiary/aromatic N) is 2. The van der Waals surface area contributed by atoms with Crippen LogP contribution in [0.3, 0.4) is 0 Å². The van der Waals surface area contributed by atoms with Gasteiger partial charge in [-0.3, -0.25) is 14.5 Å². The van der Waals surface area contributed by atoms with Crippen molar-refractivity contribution in [2.45, 2.75) is 63.3 Å². The van der Waals surface area contributed by atoms with Gasteiger partial charge < -0.3 is 18.8 Å². The molecule has 168 valence electrons. The summed E-state index contributed by atoms with van der Waals surface area (Å²) in [6.45, 7) is 8.18. The van der Waals surface area contributed by atoms with Gasteiger partial charge in [-0.25, -0.2) is 0 Å². The highest BCUT2D eigenvalue weighted by Crippen LogP contribution is 2.72. The van der Waals surface area contributed by atoms with Crippen molar-refractivity contribution in [3.63, 3.8) is 0 Å². The van der Waals surface area contributed by atoms with Crippen LogP contribution in [0, 0.1) is 17.3 Å². The standard InChI is InChI=1S/C24H32N2O5/c1-22-6-4-7-23(2)24(22,31-23)13-16-17(21(28)30-19(16)14-22)15-25-8-10-26(11-9-25)20(27)18-5-3-12-29-18/h3,5,12,16-17,19H,4,6-11,13-15H2,1-2H3/t16-,17-,19-,22-,23-,24+/m1/s1. The summed E-state index contributed by atoms with van der Waals surface area (Å²) >= 11 is 0. The van der Waals surface area contributed by atoms with Crippen LogP contribution in [-0.2, 0) is 14.3 Å². The van der Waals surface area contributed by atoms with Crippen LogP contribution in [0.1, 0.15) is 56.5 Å². The Labute approximate surface area is 183 Å². The third-order valence-electron chi connectivity index (χ3n) is 9.16. The number of epoxide rings is 1. The molecule has 4 heterocycles. The summed E-state index contributed by atoms with van der Waals surface area (Å²) in [4.78, 5) is 29.5. The number of fused-ring (bicyclic) bond motifs is 1. The third-order valence-corrected chi connectivity index (χ3v) is 9.16. The summed E-state index contributed by atoms with van der Waals surface area (Å²) in [7, 11) is 0. The van der Waals surface area contributed by atoms with Gasteiger partial charge in [0.2, 0.25) is 0 Å². The molecule has 2 saturated carbocycles. The van der Waals surface area contributed by atoms with Crippen LogP contribution in [-0.4, -0.2) is 71.7 Å². The fraction of sp³-hybridized carbons (Fsp3) is 0.750. The Morgan fingerprint density at radius 3 is 2.71 bits per heavy atom. The maximum Gasteiger partial charge on any atom is 0.310 e. The number of hydrogen-bond donors (Lipinski definition) is 0. The lowest BCUT2D eigenvalue weighted by atomic mass is 9.53. The van der Waals surface area contributed by atoms with E-state index in [4.69, 9.17) is 13.9 Å². The maximum absolute atomic E-state index is 12.9. The Kier molecular flexibility index (Phi) is 4.20. The average Bonchev–Trinajstić information content (AvgIpc) is 3.06. The minimum Gasteiger partial charge on any atom is -0.462 e. The van der Waals surface area contributed by atoms with Crippen molar-refractivity contribution < 1.29 is 23.5 Å². The number of amides is 1. The number of rotatable bonds is 3. The molecule has 2 aliphatic carbocycles. The fourth-order valence-corrected chi connectivity index (χ4v) is 7.34. The third kappa shape index (κ3) is 2.78. The fourth-order valence-electron chi connectivity index (χ4n) is 7.34. The molecule has 3 saturated heterocycles. The minimum atomic E-state index is -0.0911. The second kappa shape index (κ2) is 6.58. The van der Waals surface area contributed by atoms with Crippen LogP contribution in [0.25, 0.3) is 0 Å². The Hall–Kier alpha value is -1.86. The topological polar surface area (TPSA) is 75.5 Å². The van der Waals surface area contributed by atoms with E-state index in [1.54, 1.807) is 12.1 Å². The lowest BCUT2D eigenvalue weighted by Gasteiger charge is -2.48. The van der Waals surface area contributed by atoms with E-state index in [1.165, 1.54) is 19.1 Å². The van der Waals surface area contributed by atoms with Crippen LogP contribution in [0.5, 0.6) is 0 Å². The summed E-state index contributed by atoms with van der Waals surface area (Å²) < 4.78 is 17.7. The molecular formula is C24H32N2O5. The Bertz CT molecular complexity index is 894. The maximum atomic E-state index is 12.9. The van der Waals surface area contributed by atoms with Gasteiger partial charge in [-0.15, -0.1) is 0 Å². The molecule has 1 spiro atoms. The summed E-state index contributed by atoms with van der Waals surface area (Å²) in [5.74, 6) is 0.443. The van der Waals surface area contributed by atoms with Crippen molar-refractivity contribution >= 4 is 11.9 Å². The molecule has 0 unspecified atom stereocenters. The molecule has 7 heteroatoms. The number of carbonyl (C=O) groups excluding carboxylic acids is 2. The highest BCUT2D eigenvalue weighted by molar-refractivity contribution is 5.91. The summed E-state index contributed by atoms with van der Waals surface area (Å²) in [5, 5.41) is 0. The molecule has 1 amide bonds. The van der Waals surface area contributed by atoms with Gasteiger partial charge in [-0.2, -0.15) is 0 Å². The first-order valence-electron chi connectivity index (χ1n) is 11.8. The van der Waals surface area contributed by atoms with E-state index >= 15 is 0 Å². The van der Waals surface area contributed by atoms with Crippen molar-refractivity contribution in [3.05, 3.63) is 24.2 Å². The number of hydrogen-bond acceptors (Lipinski definition) is 6. The Balaban J connectivity index is 1.12. The number of esters is 1. The van der Waals surface area contributed by atoms with Crippen molar-refractivity contribution in [1.29, 1.82) is 0 Å². The molecule has 1 aromatic rings. The first-order valence-corrected chi connectivity index (χ1v) is 11.8. The van der Waals surface area contributed by atoms with Crippen LogP contribution in [0.4, 0.5) is 0 Å². The first kappa shape index (κ1) is 19.8.